The maximum Gasteiger partial charge on any atom is 0.212 e. The minimum Gasteiger partial charge on any atom is -0.393 e. The van der Waals surface area contributed by atoms with Gasteiger partial charge in [0.2, 0.25) is 5.96 Å². The van der Waals surface area contributed by atoms with E-state index in [-0.39, 0.29) is 40.9 Å². The molecule has 1 aliphatic heterocycles. The summed E-state index contributed by atoms with van der Waals surface area (Å²) in [6.45, 7) is 6.60. The van der Waals surface area contributed by atoms with Gasteiger partial charge in [-0.1, -0.05) is 13.8 Å². The molecule has 7 heteroatoms. The Morgan fingerprint density at radius 2 is 1.94 bits per heavy atom. The predicted octanol–water partition coefficient (Wildman–Crippen LogP) is 3.66. The van der Waals surface area contributed by atoms with Crippen LogP contribution in [0.25, 0.3) is 0 Å². The second-order valence-corrected chi connectivity index (χ2v) is 11.3. The van der Waals surface area contributed by atoms with Crippen molar-refractivity contribution in [2.75, 3.05) is 13.1 Å². The lowest BCUT2D eigenvalue weighted by Crippen LogP contribution is -2.62. The molecule has 0 saturated heterocycles. The van der Waals surface area contributed by atoms with Crippen LogP contribution in [0.15, 0.2) is 10.1 Å². The molecule has 5 aliphatic rings. The highest BCUT2D eigenvalue weighted by Crippen LogP contribution is 2.68. The van der Waals surface area contributed by atoms with E-state index in [0.717, 1.165) is 70.4 Å². The minimum absolute atomic E-state index is 0. The molecule has 8 atom stereocenters. The largest absolute Gasteiger partial charge is 0.393 e. The van der Waals surface area contributed by atoms with Gasteiger partial charge in [0.1, 0.15) is 0 Å². The summed E-state index contributed by atoms with van der Waals surface area (Å²) in [6.07, 6.45) is 12.5. The number of halogens is 1. The predicted molar refractivity (Wildman–Crippen MR) is 135 cm³/mol. The van der Waals surface area contributed by atoms with Gasteiger partial charge >= 0.3 is 0 Å². The number of hydrogen-bond acceptors (Lipinski definition) is 6. The van der Waals surface area contributed by atoms with E-state index in [4.69, 9.17) is 0 Å². The van der Waals surface area contributed by atoms with E-state index in [2.05, 4.69) is 40.9 Å². The fraction of sp³-hybridized carbons (Fsp3) is 0.917. The lowest BCUT2D eigenvalue weighted by molar-refractivity contribution is -0.206. The van der Waals surface area contributed by atoms with Gasteiger partial charge in [-0.05, 0) is 87.4 Å². The molecule has 1 heterocycles. The van der Waals surface area contributed by atoms with Gasteiger partial charge in [-0.25, -0.2) is 5.43 Å². The number of aliphatic hydroxyl groups excluding tert-OH is 1. The fourth-order valence-electron chi connectivity index (χ4n) is 8.28. The maximum absolute atomic E-state index is 12.2. The molecule has 5 rings (SSSR count). The van der Waals surface area contributed by atoms with Gasteiger partial charge in [-0.15, -0.1) is 24.0 Å². The van der Waals surface area contributed by atoms with Crippen molar-refractivity contribution in [2.24, 2.45) is 44.6 Å². The molecule has 31 heavy (non-hydrogen) atoms. The van der Waals surface area contributed by atoms with E-state index in [9.17, 15) is 10.2 Å². The van der Waals surface area contributed by atoms with Crippen molar-refractivity contribution >= 4 is 36.2 Å². The zero-order chi connectivity index (χ0) is 21.0. The van der Waals surface area contributed by atoms with E-state index in [1.165, 1.54) is 12.8 Å². The molecule has 0 aromatic rings. The van der Waals surface area contributed by atoms with Crippen LogP contribution in [-0.4, -0.2) is 47.2 Å². The van der Waals surface area contributed by atoms with Crippen molar-refractivity contribution in [1.29, 1.82) is 0 Å². The Kier molecular flexibility index (Phi) is 6.70. The van der Waals surface area contributed by atoms with Gasteiger partial charge in [0.15, 0.2) is 0 Å². The summed E-state index contributed by atoms with van der Waals surface area (Å²) in [7, 11) is 0. The van der Waals surface area contributed by atoms with Crippen molar-refractivity contribution in [1.82, 2.24) is 10.7 Å². The van der Waals surface area contributed by atoms with E-state index in [0.29, 0.717) is 23.7 Å². The summed E-state index contributed by atoms with van der Waals surface area (Å²) >= 11 is 0. The molecular formula is C24H41IN4O2. The van der Waals surface area contributed by atoms with Gasteiger partial charge in [0.05, 0.1) is 11.7 Å². The average Bonchev–Trinajstić information content (AvgIpc) is 3.01. The second kappa shape index (κ2) is 8.75. The molecule has 6 nitrogen and oxygen atoms in total. The zero-order valence-corrected chi connectivity index (χ0v) is 21.5. The smallest absolute Gasteiger partial charge is 0.212 e. The normalized spacial score (nSPS) is 49.2. The molecule has 0 amide bonds. The molecular weight excluding hydrogens is 503 g/mol. The van der Waals surface area contributed by atoms with Crippen molar-refractivity contribution in [3.8, 4) is 0 Å². The molecule has 0 aromatic carbocycles. The lowest BCUT2D eigenvalue weighted by Gasteiger charge is -2.63. The monoisotopic (exact) mass is 544 g/mol. The minimum atomic E-state index is -0.586. The summed E-state index contributed by atoms with van der Waals surface area (Å²) in [5.41, 5.74) is 2.69. The summed E-state index contributed by atoms with van der Waals surface area (Å²) in [5, 5.41) is 30.2. The summed E-state index contributed by atoms with van der Waals surface area (Å²) < 4.78 is 0. The van der Waals surface area contributed by atoms with Crippen LogP contribution < -0.4 is 10.7 Å². The topological polar surface area (TPSA) is 89.2 Å². The highest BCUT2D eigenvalue weighted by molar-refractivity contribution is 14.0. The molecule has 4 aliphatic carbocycles. The van der Waals surface area contributed by atoms with Crippen molar-refractivity contribution < 1.29 is 10.2 Å². The number of hydrogen-bond donors (Lipinski definition) is 4. The highest BCUT2D eigenvalue weighted by atomic mass is 127. The molecule has 0 spiro atoms. The second-order valence-electron chi connectivity index (χ2n) is 11.3. The Morgan fingerprint density at radius 3 is 2.71 bits per heavy atom. The number of aliphatic imine (C=N–C) groups is 1. The third-order valence-corrected chi connectivity index (χ3v) is 10.2. The first-order valence-electron chi connectivity index (χ1n) is 12.3. The number of nitrogens with one attached hydrogen (secondary N) is 2. The Bertz CT molecular complexity index is 732. The van der Waals surface area contributed by atoms with Crippen molar-refractivity contribution in [2.45, 2.75) is 89.8 Å². The summed E-state index contributed by atoms with van der Waals surface area (Å²) in [5.74, 6) is 2.69. The number of hydrazone groups is 1. The van der Waals surface area contributed by atoms with E-state index in [1.807, 2.05) is 0 Å². The van der Waals surface area contributed by atoms with E-state index in [1.54, 1.807) is 0 Å². The summed E-state index contributed by atoms with van der Waals surface area (Å²) in [6, 6.07) is 0. The highest BCUT2D eigenvalue weighted by Gasteiger charge is 2.66. The Morgan fingerprint density at radius 1 is 1.10 bits per heavy atom. The van der Waals surface area contributed by atoms with Gasteiger partial charge in [0.25, 0.3) is 0 Å². The number of rotatable bonds is 2. The summed E-state index contributed by atoms with van der Waals surface area (Å²) in [4.78, 5) is 4.42. The third kappa shape index (κ3) is 3.74. The number of guanidine groups is 1. The first kappa shape index (κ1) is 23.7. The van der Waals surface area contributed by atoms with Crippen molar-refractivity contribution in [3.05, 3.63) is 0 Å². The van der Waals surface area contributed by atoms with Crippen LogP contribution in [-0.2, 0) is 0 Å². The molecule has 3 unspecified atom stereocenters. The lowest BCUT2D eigenvalue weighted by atomic mass is 9.43. The van der Waals surface area contributed by atoms with Gasteiger partial charge in [-0.3, -0.25) is 4.99 Å². The maximum atomic E-state index is 12.2. The fourth-order valence-corrected chi connectivity index (χ4v) is 8.28. The van der Waals surface area contributed by atoms with E-state index >= 15 is 0 Å². The Balaban J connectivity index is 0.00000231. The first-order chi connectivity index (χ1) is 14.4. The van der Waals surface area contributed by atoms with Crippen molar-refractivity contribution in [3.63, 3.8) is 0 Å². The van der Waals surface area contributed by atoms with Crippen LogP contribution >= 0.6 is 24.0 Å². The van der Waals surface area contributed by atoms with Gasteiger partial charge in [0, 0.05) is 30.6 Å². The molecule has 0 bridgehead atoms. The van der Waals surface area contributed by atoms with Gasteiger partial charge in [-0.2, -0.15) is 5.10 Å². The molecule has 0 aromatic heterocycles. The molecule has 4 saturated carbocycles. The zero-order valence-electron chi connectivity index (χ0n) is 19.1. The number of nitrogens with zero attached hydrogens (tertiary/aromatic N) is 2. The molecule has 4 fully saturated rings. The van der Waals surface area contributed by atoms with Crippen LogP contribution in [0.2, 0.25) is 0 Å². The van der Waals surface area contributed by atoms with Crippen LogP contribution in [0.5, 0.6) is 0 Å². The molecule has 0 radical (unpaired) electrons. The molecule has 4 N–H and O–H groups in total. The number of fused-ring (bicyclic) bond motifs is 5. The Hall–Kier alpha value is -0.410. The molecule has 176 valence electrons. The third-order valence-electron chi connectivity index (χ3n) is 10.2. The van der Waals surface area contributed by atoms with Gasteiger partial charge < -0.3 is 15.5 Å². The van der Waals surface area contributed by atoms with E-state index < -0.39 is 5.60 Å². The Labute approximate surface area is 204 Å². The SMILES string of the molecule is C[C@]12CCC(O)CC1CC[C@@H]1[C@H]2CC[C@]2(C)C(/C=N/NC3=NCCCN3)CC[C@@]12O.I. The van der Waals surface area contributed by atoms with Crippen LogP contribution in [0.1, 0.15) is 78.1 Å². The number of aliphatic hydroxyl groups is 2. The van der Waals surface area contributed by atoms with Crippen LogP contribution in [0.3, 0.4) is 0 Å². The standard InChI is InChI=1S/C24H40N4O2.HI/c1-22-9-7-18(29)14-16(22)4-5-20-19(22)8-10-23(2)17(6-11-24(20,23)30)15-27-28-21-25-12-3-13-26-21;/h15-20,29-30H,3-14H2,1-2H3,(H2,25,26,28);1H/b27-15+;/t16?,17?,18?,19-,20-,22+,23-,24-;/m1./s1. The van der Waals surface area contributed by atoms with Crippen LogP contribution in [0, 0.1) is 34.5 Å². The quantitative estimate of drug-likeness (QED) is 0.243. The first-order valence-corrected chi connectivity index (χ1v) is 12.3. The van der Waals surface area contributed by atoms with Crippen LogP contribution in [0.4, 0.5) is 0 Å². The average molecular weight is 545 g/mol.